The molecule has 0 aliphatic heterocycles. The number of rotatable bonds is 2. The van der Waals surface area contributed by atoms with Gasteiger partial charge in [-0.05, 0) is 30.2 Å². The van der Waals surface area contributed by atoms with Crippen molar-refractivity contribution in [1.29, 1.82) is 0 Å². The first kappa shape index (κ1) is 7.22. The average Bonchev–Trinajstić information content (AvgIpc) is 1.94. The molecule has 0 aromatic heterocycles. The Morgan fingerprint density at radius 3 is 3.00 bits per heavy atom. The van der Waals surface area contributed by atoms with Crippen LogP contribution in [0, 0.1) is 11.9 Å². The van der Waals surface area contributed by atoms with E-state index in [0.29, 0.717) is 12.0 Å². The summed E-state index contributed by atoms with van der Waals surface area (Å²) < 4.78 is 12.6. The van der Waals surface area contributed by atoms with Gasteiger partial charge >= 0.3 is 0 Å². The van der Waals surface area contributed by atoms with Gasteiger partial charge in [0.1, 0.15) is 5.82 Å². The van der Waals surface area contributed by atoms with E-state index in [-0.39, 0.29) is 12.4 Å². The summed E-state index contributed by atoms with van der Waals surface area (Å²) >= 11 is 0. The molecular formula is C8H8FO. The van der Waals surface area contributed by atoms with Crippen LogP contribution in [0.1, 0.15) is 5.56 Å². The molecule has 0 unspecified atom stereocenters. The lowest BCUT2D eigenvalue weighted by molar-refractivity contribution is 0.297. The summed E-state index contributed by atoms with van der Waals surface area (Å²) in [4.78, 5) is 0. The van der Waals surface area contributed by atoms with Crippen molar-refractivity contribution in [2.75, 3.05) is 6.61 Å². The van der Waals surface area contributed by atoms with E-state index in [1.165, 1.54) is 12.1 Å². The molecule has 0 bridgehead atoms. The van der Waals surface area contributed by atoms with E-state index >= 15 is 0 Å². The topological polar surface area (TPSA) is 20.2 Å². The lowest BCUT2D eigenvalue weighted by Gasteiger charge is -1.97. The van der Waals surface area contributed by atoms with Gasteiger partial charge in [0.2, 0.25) is 0 Å². The third-order valence-corrected chi connectivity index (χ3v) is 1.27. The molecule has 1 aromatic carbocycles. The predicted molar refractivity (Wildman–Crippen MR) is 36.0 cm³/mol. The van der Waals surface area contributed by atoms with Crippen molar-refractivity contribution >= 4 is 0 Å². The molecular weight excluding hydrogens is 131 g/mol. The van der Waals surface area contributed by atoms with Crippen LogP contribution < -0.4 is 0 Å². The number of aliphatic hydroxyl groups is 1. The van der Waals surface area contributed by atoms with Crippen LogP contribution in [-0.2, 0) is 6.42 Å². The van der Waals surface area contributed by atoms with Crippen LogP contribution in [0.3, 0.4) is 0 Å². The molecule has 0 amide bonds. The zero-order chi connectivity index (χ0) is 7.40. The van der Waals surface area contributed by atoms with E-state index in [2.05, 4.69) is 6.07 Å². The summed E-state index contributed by atoms with van der Waals surface area (Å²) in [5.41, 5.74) is 0.519. The van der Waals surface area contributed by atoms with Crippen LogP contribution in [-0.4, -0.2) is 11.7 Å². The molecule has 1 radical (unpaired) electrons. The molecule has 1 aromatic rings. The van der Waals surface area contributed by atoms with E-state index in [1.54, 1.807) is 6.07 Å². The Morgan fingerprint density at radius 2 is 2.40 bits per heavy atom. The molecule has 0 saturated heterocycles. The van der Waals surface area contributed by atoms with Gasteiger partial charge in [-0.3, -0.25) is 0 Å². The van der Waals surface area contributed by atoms with Crippen molar-refractivity contribution in [2.45, 2.75) is 6.42 Å². The molecule has 0 aliphatic rings. The second-order valence-corrected chi connectivity index (χ2v) is 1.99. The highest BCUT2D eigenvalue weighted by molar-refractivity contribution is 5.16. The minimum absolute atomic E-state index is 0.0191. The van der Waals surface area contributed by atoms with Crippen molar-refractivity contribution in [1.82, 2.24) is 0 Å². The first-order valence-electron chi connectivity index (χ1n) is 3.10. The Balaban J connectivity index is 2.81. The smallest absolute Gasteiger partial charge is 0.126 e. The second-order valence-electron chi connectivity index (χ2n) is 1.99. The third kappa shape index (κ3) is 1.54. The van der Waals surface area contributed by atoms with Crippen molar-refractivity contribution in [2.24, 2.45) is 0 Å². The van der Waals surface area contributed by atoms with Crippen molar-refractivity contribution in [3.05, 3.63) is 35.6 Å². The fourth-order valence-electron chi connectivity index (χ4n) is 0.758. The van der Waals surface area contributed by atoms with E-state index in [1.807, 2.05) is 0 Å². The molecule has 10 heavy (non-hydrogen) atoms. The van der Waals surface area contributed by atoms with Gasteiger partial charge in [-0.1, -0.05) is 6.07 Å². The Morgan fingerprint density at radius 1 is 1.60 bits per heavy atom. The largest absolute Gasteiger partial charge is 0.396 e. The van der Waals surface area contributed by atoms with Crippen LogP contribution in [0.4, 0.5) is 4.39 Å². The highest BCUT2D eigenvalue weighted by atomic mass is 19.1. The minimum Gasteiger partial charge on any atom is -0.396 e. The normalized spacial score (nSPS) is 9.80. The van der Waals surface area contributed by atoms with Crippen LogP contribution in [0.25, 0.3) is 0 Å². The van der Waals surface area contributed by atoms with Gasteiger partial charge in [0.05, 0.1) is 0 Å². The van der Waals surface area contributed by atoms with Gasteiger partial charge in [-0.15, -0.1) is 0 Å². The summed E-state index contributed by atoms with van der Waals surface area (Å²) in [7, 11) is 0. The highest BCUT2D eigenvalue weighted by Gasteiger charge is 1.97. The summed E-state index contributed by atoms with van der Waals surface area (Å²) in [5.74, 6) is -0.271. The predicted octanol–water partition coefficient (Wildman–Crippen LogP) is 1.16. The van der Waals surface area contributed by atoms with Crippen molar-refractivity contribution in [3.63, 3.8) is 0 Å². The Hall–Kier alpha value is -0.890. The molecule has 0 saturated carbocycles. The number of hydrogen-bond donors (Lipinski definition) is 1. The fourth-order valence-corrected chi connectivity index (χ4v) is 0.758. The van der Waals surface area contributed by atoms with Gasteiger partial charge in [-0.2, -0.15) is 0 Å². The van der Waals surface area contributed by atoms with Crippen molar-refractivity contribution in [3.8, 4) is 0 Å². The summed E-state index contributed by atoms with van der Waals surface area (Å²) in [6, 6.07) is 7.13. The molecule has 0 atom stereocenters. The molecule has 1 nitrogen and oxygen atoms in total. The van der Waals surface area contributed by atoms with E-state index in [4.69, 9.17) is 5.11 Å². The monoisotopic (exact) mass is 139 g/mol. The molecule has 0 heterocycles. The van der Waals surface area contributed by atoms with E-state index in [9.17, 15) is 4.39 Å². The standard InChI is InChI=1S/C8H8FO/c9-8-4-2-1-3-7(8)5-6-10/h2-4,10H,5-6H2. The van der Waals surface area contributed by atoms with E-state index in [0.717, 1.165) is 0 Å². The molecule has 1 N–H and O–H groups in total. The number of aliphatic hydroxyl groups excluding tert-OH is 1. The van der Waals surface area contributed by atoms with E-state index < -0.39 is 0 Å². The van der Waals surface area contributed by atoms with Gasteiger partial charge in [-0.25, -0.2) is 4.39 Å². The summed E-state index contributed by atoms with van der Waals surface area (Å²) in [6.45, 7) is -0.0191. The Bertz CT molecular complexity index is 210. The number of halogens is 1. The Kier molecular flexibility index (Phi) is 2.40. The molecule has 0 spiro atoms. The Labute approximate surface area is 59.1 Å². The molecule has 2 heteroatoms. The van der Waals surface area contributed by atoms with Crippen LogP contribution >= 0.6 is 0 Å². The van der Waals surface area contributed by atoms with Gasteiger partial charge in [0.15, 0.2) is 0 Å². The summed E-state index contributed by atoms with van der Waals surface area (Å²) in [5, 5.41) is 8.46. The fraction of sp³-hybridized carbons (Fsp3) is 0.250. The summed E-state index contributed by atoms with van der Waals surface area (Å²) in [6.07, 6.45) is 0.364. The maximum atomic E-state index is 12.6. The van der Waals surface area contributed by atoms with Gasteiger partial charge in [0.25, 0.3) is 0 Å². The van der Waals surface area contributed by atoms with Crippen molar-refractivity contribution < 1.29 is 9.50 Å². The van der Waals surface area contributed by atoms with Crippen LogP contribution in [0.2, 0.25) is 0 Å². The number of hydrogen-bond acceptors (Lipinski definition) is 1. The molecule has 53 valence electrons. The van der Waals surface area contributed by atoms with Crippen LogP contribution in [0.15, 0.2) is 18.2 Å². The maximum absolute atomic E-state index is 12.6. The zero-order valence-electron chi connectivity index (χ0n) is 5.47. The lowest BCUT2D eigenvalue weighted by atomic mass is 10.1. The number of benzene rings is 1. The van der Waals surface area contributed by atoms with Crippen LogP contribution in [0.5, 0.6) is 0 Å². The second kappa shape index (κ2) is 3.32. The maximum Gasteiger partial charge on any atom is 0.126 e. The average molecular weight is 139 g/mol. The third-order valence-electron chi connectivity index (χ3n) is 1.27. The minimum atomic E-state index is -0.271. The lowest BCUT2D eigenvalue weighted by Crippen LogP contribution is -1.93. The highest BCUT2D eigenvalue weighted by Crippen LogP contribution is 2.05. The SMILES string of the molecule is OCCc1c[c]ccc1F. The first-order valence-corrected chi connectivity index (χ1v) is 3.10. The van der Waals surface area contributed by atoms with Gasteiger partial charge < -0.3 is 5.11 Å². The quantitative estimate of drug-likeness (QED) is 0.651. The molecule has 0 fully saturated rings. The zero-order valence-corrected chi connectivity index (χ0v) is 5.47. The molecule has 1 rings (SSSR count). The molecule has 0 aliphatic carbocycles. The first-order chi connectivity index (χ1) is 4.84. The van der Waals surface area contributed by atoms with Gasteiger partial charge in [0, 0.05) is 6.61 Å².